The van der Waals surface area contributed by atoms with Crippen LogP contribution in [0.2, 0.25) is 0 Å². The molecule has 0 fully saturated rings. The predicted molar refractivity (Wildman–Crippen MR) is 50.7 cm³/mol. The average molecular weight is 219 g/mol. The van der Waals surface area contributed by atoms with Gasteiger partial charge in [-0.25, -0.2) is 13.2 Å². The van der Waals surface area contributed by atoms with Crippen LogP contribution in [-0.2, 0) is 6.54 Å². The highest BCUT2D eigenvalue weighted by atomic mass is 19.3. The zero-order valence-corrected chi connectivity index (χ0v) is 8.27. The first-order valence-corrected chi connectivity index (χ1v) is 4.48. The van der Waals surface area contributed by atoms with Crippen LogP contribution in [0.3, 0.4) is 0 Å². The smallest absolute Gasteiger partial charge is 0.272 e. The topological polar surface area (TPSA) is 21.3 Å². The van der Waals surface area contributed by atoms with Crippen molar-refractivity contribution < 1.29 is 17.9 Å². The standard InChI is InChI=1S/C10H12F3NO/c1-14-5-7-3-2-4-8(11)10(7)15-6-9(12)13/h2-4,9,14H,5-6H2,1H3. The second kappa shape index (κ2) is 5.60. The summed E-state index contributed by atoms with van der Waals surface area (Å²) in [7, 11) is 1.68. The summed E-state index contributed by atoms with van der Waals surface area (Å²) in [6.45, 7) is -0.423. The van der Waals surface area contributed by atoms with Gasteiger partial charge in [-0.15, -0.1) is 0 Å². The number of rotatable bonds is 5. The molecule has 0 amide bonds. The van der Waals surface area contributed by atoms with E-state index >= 15 is 0 Å². The minimum Gasteiger partial charge on any atom is -0.484 e. The SMILES string of the molecule is CNCc1cccc(F)c1OCC(F)F. The van der Waals surface area contributed by atoms with E-state index in [2.05, 4.69) is 5.32 Å². The fourth-order valence-corrected chi connectivity index (χ4v) is 1.19. The largest absolute Gasteiger partial charge is 0.484 e. The highest BCUT2D eigenvalue weighted by Crippen LogP contribution is 2.22. The van der Waals surface area contributed by atoms with Crippen LogP contribution in [0, 0.1) is 5.82 Å². The van der Waals surface area contributed by atoms with Crippen LogP contribution >= 0.6 is 0 Å². The second-order valence-electron chi connectivity index (χ2n) is 2.96. The number of alkyl halides is 2. The van der Waals surface area contributed by atoms with E-state index in [1.54, 1.807) is 13.1 Å². The van der Waals surface area contributed by atoms with Crippen LogP contribution in [0.15, 0.2) is 18.2 Å². The van der Waals surface area contributed by atoms with Gasteiger partial charge in [0.05, 0.1) is 0 Å². The molecule has 0 bridgehead atoms. The maximum Gasteiger partial charge on any atom is 0.272 e. The van der Waals surface area contributed by atoms with Gasteiger partial charge in [0.1, 0.15) is 6.61 Å². The average Bonchev–Trinajstić information content (AvgIpc) is 2.17. The fraction of sp³-hybridized carbons (Fsp3) is 0.400. The van der Waals surface area contributed by atoms with Crippen LogP contribution in [0.25, 0.3) is 0 Å². The highest BCUT2D eigenvalue weighted by Gasteiger charge is 2.11. The summed E-state index contributed by atoms with van der Waals surface area (Å²) in [5.41, 5.74) is 0.526. The molecule has 0 aromatic heterocycles. The molecule has 84 valence electrons. The van der Waals surface area contributed by atoms with Crippen molar-refractivity contribution in [2.45, 2.75) is 13.0 Å². The lowest BCUT2D eigenvalue weighted by molar-refractivity contribution is 0.0793. The van der Waals surface area contributed by atoms with Crippen molar-refractivity contribution in [1.82, 2.24) is 5.32 Å². The number of ether oxygens (including phenoxy) is 1. The highest BCUT2D eigenvalue weighted by molar-refractivity contribution is 5.34. The molecule has 0 aliphatic carbocycles. The first-order valence-electron chi connectivity index (χ1n) is 4.48. The first kappa shape index (κ1) is 11.8. The lowest BCUT2D eigenvalue weighted by Gasteiger charge is -2.11. The third-order valence-corrected chi connectivity index (χ3v) is 1.77. The number of hydrogen-bond acceptors (Lipinski definition) is 2. The Morgan fingerprint density at radius 1 is 1.40 bits per heavy atom. The monoisotopic (exact) mass is 219 g/mol. The number of para-hydroxylation sites is 1. The van der Waals surface area contributed by atoms with Crippen LogP contribution in [0.1, 0.15) is 5.56 Å². The molecular formula is C10H12F3NO. The van der Waals surface area contributed by atoms with Crippen molar-refractivity contribution in [3.8, 4) is 5.75 Å². The summed E-state index contributed by atoms with van der Waals surface area (Å²) in [6.07, 6.45) is -2.60. The summed E-state index contributed by atoms with van der Waals surface area (Å²) >= 11 is 0. The predicted octanol–water partition coefficient (Wildman–Crippen LogP) is 2.19. The Hall–Kier alpha value is -1.23. The van der Waals surface area contributed by atoms with Gasteiger partial charge in [0.25, 0.3) is 6.43 Å². The van der Waals surface area contributed by atoms with E-state index < -0.39 is 18.8 Å². The number of hydrogen-bond donors (Lipinski definition) is 1. The number of nitrogens with one attached hydrogen (secondary N) is 1. The summed E-state index contributed by atoms with van der Waals surface area (Å²) in [5.74, 6) is -0.726. The van der Waals surface area contributed by atoms with Crippen molar-refractivity contribution >= 4 is 0 Å². The van der Waals surface area contributed by atoms with E-state index in [4.69, 9.17) is 4.74 Å². The molecule has 0 atom stereocenters. The van der Waals surface area contributed by atoms with Gasteiger partial charge in [-0.05, 0) is 13.1 Å². The third-order valence-electron chi connectivity index (χ3n) is 1.77. The number of halogens is 3. The van der Waals surface area contributed by atoms with Gasteiger partial charge in [0.2, 0.25) is 0 Å². The summed E-state index contributed by atoms with van der Waals surface area (Å²) in [6, 6.07) is 4.32. The maximum atomic E-state index is 13.2. The van der Waals surface area contributed by atoms with Gasteiger partial charge in [-0.3, -0.25) is 0 Å². The molecule has 5 heteroatoms. The van der Waals surface area contributed by atoms with Gasteiger partial charge in [0, 0.05) is 12.1 Å². The molecular weight excluding hydrogens is 207 g/mol. The molecule has 1 aromatic rings. The quantitative estimate of drug-likeness (QED) is 0.819. The molecule has 0 saturated carbocycles. The third kappa shape index (κ3) is 3.43. The Kier molecular flexibility index (Phi) is 4.42. The Morgan fingerprint density at radius 2 is 2.13 bits per heavy atom. The van der Waals surface area contributed by atoms with Crippen molar-refractivity contribution in [1.29, 1.82) is 0 Å². The van der Waals surface area contributed by atoms with Gasteiger partial charge in [-0.2, -0.15) is 0 Å². The Balaban J connectivity index is 2.81. The van der Waals surface area contributed by atoms with Crippen LogP contribution < -0.4 is 10.1 Å². The van der Waals surface area contributed by atoms with Crippen molar-refractivity contribution in [3.63, 3.8) is 0 Å². The molecule has 0 aliphatic heterocycles. The molecule has 1 N–H and O–H groups in total. The van der Waals surface area contributed by atoms with E-state index in [1.807, 2.05) is 0 Å². The molecule has 0 unspecified atom stereocenters. The minimum absolute atomic E-state index is 0.104. The minimum atomic E-state index is -2.60. The Labute approximate surface area is 86.1 Å². The zero-order chi connectivity index (χ0) is 11.3. The lowest BCUT2D eigenvalue weighted by atomic mass is 10.2. The van der Waals surface area contributed by atoms with Crippen LogP contribution in [0.5, 0.6) is 5.75 Å². The van der Waals surface area contributed by atoms with Crippen LogP contribution in [-0.4, -0.2) is 20.1 Å². The van der Waals surface area contributed by atoms with Gasteiger partial charge < -0.3 is 10.1 Å². The fourth-order valence-electron chi connectivity index (χ4n) is 1.19. The lowest BCUT2D eigenvalue weighted by Crippen LogP contribution is -2.12. The molecule has 2 nitrogen and oxygen atoms in total. The normalized spacial score (nSPS) is 10.7. The number of benzene rings is 1. The van der Waals surface area contributed by atoms with Crippen molar-refractivity contribution in [3.05, 3.63) is 29.6 Å². The summed E-state index contributed by atoms with van der Waals surface area (Å²) in [5, 5.41) is 2.81. The summed E-state index contributed by atoms with van der Waals surface area (Å²) in [4.78, 5) is 0. The molecule has 0 aliphatic rings. The van der Waals surface area contributed by atoms with E-state index in [-0.39, 0.29) is 5.75 Å². The van der Waals surface area contributed by atoms with Crippen molar-refractivity contribution in [2.24, 2.45) is 0 Å². The second-order valence-corrected chi connectivity index (χ2v) is 2.96. The zero-order valence-electron chi connectivity index (χ0n) is 8.27. The van der Waals surface area contributed by atoms with Crippen molar-refractivity contribution in [2.75, 3.05) is 13.7 Å². The van der Waals surface area contributed by atoms with Gasteiger partial charge in [-0.1, -0.05) is 12.1 Å². The first-order chi connectivity index (χ1) is 7.15. The van der Waals surface area contributed by atoms with E-state index in [1.165, 1.54) is 12.1 Å². The van der Waals surface area contributed by atoms with E-state index in [9.17, 15) is 13.2 Å². The van der Waals surface area contributed by atoms with Crippen LogP contribution in [0.4, 0.5) is 13.2 Å². The molecule has 0 saturated heterocycles. The molecule has 1 rings (SSSR count). The Morgan fingerprint density at radius 3 is 2.73 bits per heavy atom. The molecule has 0 spiro atoms. The molecule has 1 aromatic carbocycles. The van der Waals surface area contributed by atoms with E-state index in [0.29, 0.717) is 12.1 Å². The maximum absolute atomic E-state index is 13.2. The molecule has 0 radical (unpaired) electrons. The van der Waals surface area contributed by atoms with E-state index in [0.717, 1.165) is 0 Å². The Bertz CT molecular complexity index is 318. The van der Waals surface area contributed by atoms with Gasteiger partial charge >= 0.3 is 0 Å². The molecule has 0 heterocycles. The van der Waals surface area contributed by atoms with Gasteiger partial charge in [0.15, 0.2) is 11.6 Å². The summed E-state index contributed by atoms with van der Waals surface area (Å²) < 4.78 is 41.8. The molecule has 15 heavy (non-hydrogen) atoms.